The number of aliphatic hydroxyl groups excluding tert-OH is 1. The van der Waals surface area contributed by atoms with Crippen LogP contribution in [0.25, 0.3) is 0 Å². The number of anilines is 1. The summed E-state index contributed by atoms with van der Waals surface area (Å²) < 4.78 is 5.48. The van der Waals surface area contributed by atoms with Gasteiger partial charge in [0.1, 0.15) is 6.04 Å². The number of aliphatic hydroxyl groups is 1. The molecule has 1 heterocycles. The number of amides is 3. The van der Waals surface area contributed by atoms with Gasteiger partial charge in [-0.15, -0.1) is 0 Å². The Hall–Kier alpha value is -2.41. The molecule has 7 heteroatoms. The van der Waals surface area contributed by atoms with Crippen molar-refractivity contribution < 1.29 is 19.4 Å². The zero-order valence-electron chi connectivity index (χ0n) is 14.9. The summed E-state index contributed by atoms with van der Waals surface area (Å²) in [5.41, 5.74) is 1.57. The first kappa shape index (κ1) is 19.4. The van der Waals surface area contributed by atoms with Crippen LogP contribution in [0.4, 0.5) is 10.5 Å². The van der Waals surface area contributed by atoms with E-state index < -0.39 is 18.2 Å². The van der Waals surface area contributed by atoms with Gasteiger partial charge in [-0.25, -0.2) is 4.79 Å². The Morgan fingerprint density at radius 3 is 2.44 bits per heavy atom. The minimum Gasteiger partial charge on any atom is -0.389 e. The molecule has 1 N–H and O–H groups in total. The molecule has 0 aliphatic carbocycles. The molecule has 0 radical (unpaired) electrons. The highest BCUT2D eigenvalue weighted by Gasteiger charge is 2.43. The van der Waals surface area contributed by atoms with Crippen molar-refractivity contribution >= 4 is 29.2 Å². The first-order chi connectivity index (χ1) is 13.0. The van der Waals surface area contributed by atoms with E-state index in [1.165, 1.54) is 4.90 Å². The van der Waals surface area contributed by atoms with Crippen LogP contribution in [-0.4, -0.2) is 47.2 Å². The third kappa shape index (κ3) is 4.47. The van der Waals surface area contributed by atoms with Crippen LogP contribution in [0, 0.1) is 0 Å². The maximum atomic E-state index is 12.7. The fourth-order valence-electron chi connectivity index (χ4n) is 2.97. The molecule has 1 saturated heterocycles. The van der Waals surface area contributed by atoms with Gasteiger partial charge in [0, 0.05) is 10.7 Å². The van der Waals surface area contributed by atoms with Gasteiger partial charge < -0.3 is 9.84 Å². The summed E-state index contributed by atoms with van der Waals surface area (Å²) in [7, 11) is 0. The molecule has 1 fully saturated rings. The second-order valence-corrected chi connectivity index (χ2v) is 6.84. The number of hydrogen-bond acceptors (Lipinski definition) is 4. The van der Waals surface area contributed by atoms with E-state index in [0.29, 0.717) is 17.3 Å². The summed E-state index contributed by atoms with van der Waals surface area (Å²) in [4.78, 5) is 27.6. The summed E-state index contributed by atoms with van der Waals surface area (Å²) in [5.74, 6) is -0.333. The highest BCUT2D eigenvalue weighted by atomic mass is 35.5. The number of halogens is 1. The molecule has 2 aromatic rings. The van der Waals surface area contributed by atoms with Gasteiger partial charge in [-0.2, -0.15) is 0 Å². The van der Waals surface area contributed by atoms with E-state index in [2.05, 4.69) is 0 Å². The van der Waals surface area contributed by atoms with Crippen LogP contribution in [0.2, 0.25) is 5.02 Å². The zero-order valence-corrected chi connectivity index (χ0v) is 15.7. The van der Waals surface area contributed by atoms with E-state index in [1.807, 2.05) is 30.3 Å². The summed E-state index contributed by atoms with van der Waals surface area (Å²) in [5, 5.41) is 10.8. The third-order valence-corrected chi connectivity index (χ3v) is 4.62. The fraction of sp³-hybridized carbons (Fsp3) is 0.300. The first-order valence-corrected chi connectivity index (χ1v) is 9.05. The number of imide groups is 1. The topological polar surface area (TPSA) is 70.1 Å². The van der Waals surface area contributed by atoms with Crippen LogP contribution in [0.1, 0.15) is 12.5 Å². The predicted molar refractivity (Wildman–Crippen MR) is 103 cm³/mol. The maximum Gasteiger partial charge on any atom is 0.332 e. The average Bonchev–Trinajstić information content (AvgIpc) is 2.87. The molecule has 3 amide bonds. The van der Waals surface area contributed by atoms with Gasteiger partial charge in [-0.05, 0) is 36.8 Å². The number of benzene rings is 2. The predicted octanol–water partition coefficient (Wildman–Crippen LogP) is 3.07. The van der Waals surface area contributed by atoms with Crippen molar-refractivity contribution in [3.05, 3.63) is 65.2 Å². The number of β-amino-alcohol motifs (C(OH)–C–C–N with tert-alkyl or cyclic N) is 1. The molecule has 0 saturated carbocycles. The molecular weight excluding hydrogens is 368 g/mol. The van der Waals surface area contributed by atoms with Crippen molar-refractivity contribution in [1.82, 2.24) is 4.90 Å². The van der Waals surface area contributed by atoms with Crippen LogP contribution < -0.4 is 4.90 Å². The highest BCUT2D eigenvalue weighted by Crippen LogP contribution is 2.25. The number of para-hydroxylation sites is 1. The Kier molecular flexibility index (Phi) is 6.11. The lowest BCUT2D eigenvalue weighted by atomic mass is 10.2. The first-order valence-electron chi connectivity index (χ1n) is 8.67. The van der Waals surface area contributed by atoms with Crippen molar-refractivity contribution in [1.29, 1.82) is 0 Å². The normalized spacial score (nSPS) is 18.3. The number of urea groups is 1. The lowest BCUT2D eigenvalue weighted by molar-refractivity contribution is -0.128. The highest BCUT2D eigenvalue weighted by molar-refractivity contribution is 6.30. The Labute approximate surface area is 162 Å². The van der Waals surface area contributed by atoms with Gasteiger partial charge >= 0.3 is 6.03 Å². The van der Waals surface area contributed by atoms with Crippen molar-refractivity contribution in [2.24, 2.45) is 0 Å². The molecule has 2 aromatic carbocycles. The van der Waals surface area contributed by atoms with Gasteiger partial charge in [-0.3, -0.25) is 14.6 Å². The minimum absolute atomic E-state index is 0.0133. The van der Waals surface area contributed by atoms with Gasteiger partial charge in [0.25, 0.3) is 5.91 Å². The summed E-state index contributed by atoms with van der Waals surface area (Å²) >= 11 is 5.83. The SMILES string of the molecule is CC1C(=O)N(CC(O)COCc2ccc(Cl)cc2)C(=O)N1c1ccccc1. The molecule has 2 unspecified atom stereocenters. The van der Waals surface area contributed by atoms with Crippen molar-refractivity contribution in [2.75, 3.05) is 18.1 Å². The van der Waals surface area contributed by atoms with E-state index in [1.54, 1.807) is 31.2 Å². The smallest absolute Gasteiger partial charge is 0.332 e. The molecule has 0 spiro atoms. The Bertz CT molecular complexity index is 797. The number of nitrogens with zero attached hydrogens (tertiary/aromatic N) is 2. The molecule has 0 bridgehead atoms. The number of ether oxygens (including phenoxy) is 1. The molecule has 1 aliphatic rings. The van der Waals surface area contributed by atoms with Gasteiger partial charge in [-0.1, -0.05) is 41.9 Å². The maximum absolute atomic E-state index is 12.7. The third-order valence-electron chi connectivity index (χ3n) is 4.37. The monoisotopic (exact) mass is 388 g/mol. The average molecular weight is 389 g/mol. The fourth-order valence-corrected chi connectivity index (χ4v) is 3.10. The van der Waals surface area contributed by atoms with E-state index in [-0.39, 0.29) is 19.1 Å². The summed E-state index contributed by atoms with van der Waals surface area (Å²) in [6.07, 6.45) is -0.965. The molecular formula is C20H21ClN2O4. The largest absolute Gasteiger partial charge is 0.389 e. The van der Waals surface area contributed by atoms with Crippen LogP contribution in [0.5, 0.6) is 0 Å². The minimum atomic E-state index is -0.965. The van der Waals surface area contributed by atoms with Gasteiger partial charge in [0.2, 0.25) is 0 Å². The quantitative estimate of drug-likeness (QED) is 0.740. The Morgan fingerprint density at radius 2 is 1.78 bits per heavy atom. The van der Waals surface area contributed by atoms with E-state index in [0.717, 1.165) is 10.5 Å². The second kappa shape index (κ2) is 8.52. The van der Waals surface area contributed by atoms with Crippen molar-refractivity contribution in [3.8, 4) is 0 Å². The Balaban J connectivity index is 1.55. The lowest BCUT2D eigenvalue weighted by Gasteiger charge is -2.20. The standard InChI is InChI=1S/C20H21ClN2O4/c1-14-19(25)22(20(26)23(14)17-5-3-2-4-6-17)11-18(24)13-27-12-15-7-9-16(21)10-8-15/h2-10,14,18,24H,11-13H2,1H3. The second-order valence-electron chi connectivity index (χ2n) is 6.41. The van der Waals surface area contributed by atoms with Crippen molar-refractivity contribution in [3.63, 3.8) is 0 Å². The van der Waals surface area contributed by atoms with Crippen LogP contribution in [0.3, 0.4) is 0 Å². The Morgan fingerprint density at radius 1 is 1.11 bits per heavy atom. The molecule has 142 valence electrons. The number of carbonyl (C=O) groups excluding carboxylic acids is 2. The molecule has 0 aromatic heterocycles. The number of rotatable bonds is 7. The number of hydrogen-bond donors (Lipinski definition) is 1. The van der Waals surface area contributed by atoms with Crippen molar-refractivity contribution in [2.45, 2.75) is 25.7 Å². The van der Waals surface area contributed by atoms with Crippen LogP contribution in [-0.2, 0) is 16.1 Å². The molecule has 3 rings (SSSR count). The molecule has 1 aliphatic heterocycles. The van der Waals surface area contributed by atoms with Gasteiger partial charge in [0.05, 0.1) is 25.9 Å². The van der Waals surface area contributed by atoms with Crippen LogP contribution >= 0.6 is 11.6 Å². The van der Waals surface area contributed by atoms with E-state index in [4.69, 9.17) is 16.3 Å². The summed E-state index contributed by atoms with van der Waals surface area (Å²) in [6.45, 7) is 1.89. The zero-order chi connectivity index (χ0) is 19.4. The summed E-state index contributed by atoms with van der Waals surface area (Å²) in [6, 6.07) is 15.2. The van der Waals surface area contributed by atoms with Gasteiger partial charge in [0.15, 0.2) is 0 Å². The number of carbonyl (C=O) groups is 2. The van der Waals surface area contributed by atoms with E-state index >= 15 is 0 Å². The van der Waals surface area contributed by atoms with Crippen LogP contribution in [0.15, 0.2) is 54.6 Å². The molecule has 6 nitrogen and oxygen atoms in total. The lowest BCUT2D eigenvalue weighted by Crippen LogP contribution is -2.40. The molecule has 27 heavy (non-hydrogen) atoms. The molecule has 2 atom stereocenters. The van der Waals surface area contributed by atoms with E-state index in [9.17, 15) is 14.7 Å².